The summed E-state index contributed by atoms with van der Waals surface area (Å²) < 4.78 is 0. The fourth-order valence-electron chi connectivity index (χ4n) is 3.02. The first kappa shape index (κ1) is 12.3. The molecular weight excluding hydrogens is 258 g/mol. The molecule has 1 N–H and O–H groups in total. The van der Waals surface area contributed by atoms with Gasteiger partial charge in [-0.15, -0.1) is 0 Å². The first-order chi connectivity index (χ1) is 10.4. The van der Waals surface area contributed by atoms with Crippen molar-refractivity contribution < 1.29 is 0 Å². The van der Waals surface area contributed by atoms with Crippen molar-refractivity contribution in [3.05, 3.63) is 66.0 Å². The third kappa shape index (κ3) is 2.47. The molecule has 0 radical (unpaired) electrons. The molecule has 1 unspecified atom stereocenters. The monoisotopic (exact) mass is 275 g/mol. The number of hydrogen-bond donors (Lipinski definition) is 1. The van der Waals surface area contributed by atoms with E-state index in [-0.39, 0.29) is 0 Å². The summed E-state index contributed by atoms with van der Waals surface area (Å²) in [6.07, 6.45) is 6.97. The molecule has 3 nitrogen and oxygen atoms in total. The van der Waals surface area contributed by atoms with Gasteiger partial charge in [0.05, 0.1) is 5.52 Å². The van der Waals surface area contributed by atoms with Crippen molar-refractivity contribution in [3.8, 4) is 0 Å². The van der Waals surface area contributed by atoms with Crippen LogP contribution in [0.1, 0.15) is 17.5 Å². The molecule has 3 heteroatoms. The number of aromatic nitrogens is 2. The molecule has 4 rings (SSSR count). The predicted molar refractivity (Wildman–Crippen MR) is 85.4 cm³/mol. The van der Waals surface area contributed by atoms with Gasteiger partial charge >= 0.3 is 0 Å². The third-order valence-corrected chi connectivity index (χ3v) is 4.12. The van der Waals surface area contributed by atoms with Crippen molar-refractivity contribution in [2.45, 2.75) is 25.3 Å². The van der Waals surface area contributed by atoms with E-state index in [9.17, 15) is 0 Å². The van der Waals surface area contributed by atoms with E-state index in [4.69, 9.17) is 4.98 Å². The Kier molecular flexibility index (Phi) is 3.03. The van der Waals surface area contributed by atoms with Gasteiger partial charge in [0.25, 0.3) is 0 Å². The maximum absolute atomic E-state index is 4.76. The molecule has 3 aromatic rings. The number of nitrogens with one attached hydrogen (secondary N) is 1. The highest BCUT2D eigenvalue weighted by atomic mass is 15.0. The third-order valence-electron chi connectivity index (χ3n) is 4.12. The maximum Gasteiger partial charge on any atom is 0.130 e. The largest absolute Gasteiger partial charge is 0.367 e. The number of nitrogens with zero attached hydrogens (tertiary/aromatic N) is 2. The van der Waals surface area contributed by atoms with Gasteiger partial charge in [-0.1, -0.05) is 30.3 Å². The van der Waals surface area contributed by atoms with Crippen LogP contribution in [0, 0.1) is 0 Å². The van der Waals surface area contributed by atoms with E-state index < -0.39 is 0 Å². The molecule has 1 aromatic carbocycles. The summed E-state index contributed by atoms with van der Waals surface area (Å²) in [4.78, 5) is 8.93. The lowest BCUT2D eigenvalue weighted by atomic mass is 9.95. The van der Waals surface area contributed by atoms with E-state index in [0.29, 0.717) is 6.04 Å². The predicted octanol–water partition coefficient (Wildman–Crippen LogP) is 3.60. The van der Waals surface area contributed by atoms with Crippen molar-refractivity contribution in [1.29, 1.82) is 0 Å². The van der Waals surface area contributed by atoms with Crippen LogP contribution in [0.2, 0.25) is 0 Å². The van der Waals surface area contributed by atoms with Gasteiger partial charge in [-0.3, -0.25) is 4.98 Å². The molecule has 0 spiro atoms. The molecule has 0 aliphatic carbocycles. The van der Waals surface area contributed by atoms with Crippen molar-refractivity contribution in [1.82, 2.24) is 9.97 Å². The number of rotatable bonds is 2. The molecule has 21 heavy (non-hydrogen) atoms. The lowest BCUT2D eigenvalue weighted by Crippen LogP contribution is -2.28. The van der Waals surface area contributed by atoms with Gasteiger partial charge in [0.15, 0.2) is 0 Å². The second-order valence-corrected chi connectivity index (χ2v) is 5.63. The Morgan fingerprint density at radius 3 is 2.95 bits per heavy atom. The summed E-state index contributed by atoms with van der Waals surface area (Å²) in [5.41, 5.74) is 3.69. The lowest BCUT2D eigenvalue weighted by molar-refractivity contribution is 0.624. The fraction of sp³-hybridized carbons (Fsp3) is 0.222. The molecule has 2 aromatic heterocycles. The Hall–Kier alpha value is -2.42. The first-order valence-electron chi connectivity index (χ1n) is 7.42. The molecule has 0 bridgehead atoms. The second-order valence-electron chi connectivity index (χ2n) is 5.63. The SMILES string of the molecule is c1ccc(CC2CCc3cc4cnccc4nc3N2)cc1. The smallest absolute Gasteiger partial charge is 0.130 e. The average molecular weight is 275 g/mol. The molecule has 0 amide bonds. The van der Waals surface area contributed by atoms with Gasteiger partial charge in [-0.05, 0) is 42.5 Å². The number of hydrogen-bond acceptors (Lipinski definition) is 3. The van der Waals surface area contributed by atoms with Crippen LogP contribution in [-0.4, -0.2) is 16.0 Å². The van der Waals surface area contributed by atoms with Crippen LogP contribution in [0.25, 0.3) is 10.9 Å². The molecule has 1 aliphatic rings. The van der Waals surface area contributed by atoms with Gasteiger partial charge in [0, 0.05) is 23.8 Å². The maximum atomic E-state index is 4.76. The molecule has 3 heterocycles. The topological polar surface area (TPSA) is 37.8 Å². The minimum Gasteiger partial charge on any atom is -0.367 e. The number of benzene rings is 1. The normalized spacial score (nSPS) is 17.2. The summed E-state index contributed by atoms with van der Waals surface area (Å²) in [5, 5.41) is 4.73. The minimum absolute atomic E-state index is 0.465. The molecule has 1 atom stereocenters. The zero-order valence-electron chi connectivity index (χ0n) is 11.8. The van der Waals surface area contributed by atoms with E-state index in [1.807, 2.05) is 12.3 Å². The van der Waals surface area contributed by atoms with Crippen molar-refractivity contribution >= 4 is 16.7 Å². The van der Waals surface area contributed by atoms with E-state index in [2.05, 4.69) is 46.7 Å². The molecule has 0 fully saturated rings. The van der Waals surface area contributed by atoms with Crippen molar-refractivity contribution in [2.24, 2.45) is 0 Å². The van der Waals surface area contributed by atoms with Crippen LogP contribution < -0.4 is 5.32 Å². The number of fused-ring (bicyclic) bond motifs is 2. The summed E-state index contributed by atoms with van der Waals surface area (Å²) in [7, 11) is 0. The van der Waals surface area contributed by atoms with Crippen molar-refractivity contribution in [3.63, 3.8) is 0 Å². The summed E-state index contributed by atoms with van der Waals surface area (Å²) in [6.45, 7) is 0. The molecule has 104 valence electrons. The van der Waals surface area contributed by atoms with Gasteiger partial charge < -0.3 is 5.32 Å². The van der Waals surface area contributed by atoms with Gasteiger partial charge in [-0.2, -0.15) is 0 Å². The average Bonchev–Trinajstić information content (AvgIpc) is 2.54. The van der Waals surface area contributed by atoms with Gasteiger partial charge in [0.2, 0.25) is 0 Å². The second kappa shape index (κ2) is 5.17. The molecule has 0 saturated carbocycles. The van der Waals surface area contributed by atoms with Gasteiger partial charge in [-0.25, -0.2) is 4.98 Å². The summed E-state index contributed by atoms with van der Waals surface area (Å²) >= 11 is 0. The first-order valence-corrected chi connectivity index (χ1v) is 7.42. The van der Waals surface area contributed by atoms with Crippen LogP contribution >= 0.6 is 0 Å². The van der Waals surface area contributed by atoms with Crippen LogP contribution in [0.3, 0.4) is 0 Å². The zero-order chi connectivity index (χ0) is 14.1. The Morgan fingerprint density at radius 1 is 1.14 bits per heavy atom. The number of pyridine rings is 2. The zero-order valence-corrected chi connectivity index (χ0v) is 11.8. The fourth-order valence-corrected chi connectivity index (χ4v) is 3.02. The highest BCUT2D eigenvalue weighted by Crippen LogP contribution is 2.27. The van der Waals surface area contributed by atoms with E-state index in [0.717, 1.165) is 36.0 Å². The van der Waals surface area contributed by atoms with Crippen molar-refractivity contribution in [2.75, 3.05) is 5.32 Å². The summed E-state index contributed by atoms with van der Waals surface area (Å²) in [5.74, 6) is 1.04. The standard InChI is InChI=1S/C18H17N3/c1-2-4-13(5-3-1)10-16-7-6-14-11-15-12-19-9-8-17(15)21-18(14)20-16/h1-5,8-9,11-12,16H,6-7,10H2,(H,20,21). The highest BCUT2D eigenvalue weighted by molar-refractivity contribution is 5.81. The molecule has 1 aliphatic heterocycles. The number of aryl methyl sites for hydroxylation is 1. The number of anilines is 1. The lowest BCUT2D eigenvalue weighted by Gasteiger charge is -2.26. The van der Waals surface area contributed by atoms with Crippen LogP contribution in [0.4, 0.5) is 5.82 Å². The van der Waals surface area contributed by atoms with Crippen LogP contribution in [-0.2, 0) is 12.8 Å². The minimum atomic E-state index is 0.465. The Labute approximate surface area is 124 Å². The van der Waals surface area contributed by atoms with Crippen LogP contribution in [0.15, 0.2) is 54.9 Å². The van der Waals surface area contributed by atoms with Crippen LogP contribution in [0.5, 0.6) is 0 Å². The molecule has 0 saturated heterocycles. The van der Waals surface area contributed by atoms with Gasteiger partial charge in [0.1, 0.15) is 5.82 Å². The Bertz CT molecular complexity index is 768. The van der Waals surface area contributed by atoms with E-state index >= 15 is 0 Å². The quantitative estimate of drug-likeness (QED) is 0.776. The van der Waals surface area contributed by atoms with E-state index in [1.165, 1.54) is 11.1 Å². The molecular formula is C18H17N3. The van der Waals surface area contributed by atoms with E-state index in [1.54, 1.807) is 6.20 Å². The Balaban J connectivity index is 1.61. The Morgan fingerprint density at radius 2 is 2.05 bits per heavy atom. The summed E-state index contributed by atoms with van der Waals surface area (Å²) in [6, 6.07) is 15.3. The highest BCUT2D eigenvalue weighted by Gasteiger charge is 2.19.